The highest BCUT2D eigenvalue weighted by atomic mass is 127. The molecule has 4 N–H and O–H groups in total. The molecule has 0 saturated heterocycles. The molecule has 0 atom stereocenters. The van der Waals surface area contributed by atoms with E-state index in [0.717, 1.165) is 5.56 Å². The molecule has 1 rings (SSSR count). The van der Waals surface area contributed by atoms with Crippen molar-refractivity contribution in [1.82, 2.24) is 10.6 Å². The number of carbonyl (C=O) groups is 1. The van der Waals surface area contributed by atoms with Crippen molar-refractivity contribution >= 4 is 36.0 Å². The smallest absolute Gasteiger partial charge is 0.407 e. The van der Waals surface area contributed by atoms with Crippen LogP contribution < -0.4 is 25.8 Å². The summed E-state index contributed by atoms with van der Waals surface area (Å²) in [7, 11) is 3.17. The zero-order valence-corrected chi connectivity index (χ0v) is 18.2. The highest BCUT2D eigenvalue weighted by Gasteiger charge is 2.15. The van der Waals surface area contributed by atoms with Crippen molar-refractivity contribution in [2.45, 2.75) is 32.9 Å². The van der Waals surface area contributed by atoms with Crippen LogP contribution in [0.5, 0.6) is 11.5 Å². The van der Waals surface area contributed by atoms with Crippen molar-refractivity contribution < 1.29 is 19.0 Å². The van der Waals surface area contributed by atoms with E-state index in [-0.39, 0.29) is 24.0 Å². The second kappa shape index (κ2) is 11.7. The second-order valence-corrected chi connectivity index (χ2v) is 6.25. The summed E-state index contributed by atoms with van der Waals surface area (Å²) in [6.07, 6.45) is -0.463. The quantitative estimate of drug-likeness (QED) is 0.239. The lowest BCUT2D eigenvalue weighted by atomic mass is 10.2. The van der Waals surface area contributed by atoms with Crippen LogP contribution in [0, 0.1) is 0 Å². The molecule has 26 heavy (non-hydrogen) atoms. The first-order chi connectivity index (χ1) is 11.7. The Morgan fingerprint density at radius 2 is 1.73 bits per heavy atom. The van der Waals surface area contributed by atoms with E-state index in [2.05, 4.69) is 15.6 Å². The van der Waals surface area contributed by atoms with Crippen LogP contribution in [0.3, 0.4) is 0 Å². The topological polar surface area (TPSA) is 107 Å². The fraction of sp³-hybridized carbons (Fsp3) is 0.529. The Kier molecular flexibility index (Phi) is 10.8. The molecule has 148 valence electrons. The van der Waals surface area contributed by atoms with Gasteiger partial charge in [0.25, 0.3) is 0 Å². The molecule has 0 heterocycles. The van der Waals surface area contributed by atoms with Crippen molar-refractivity contribution in [3.8, 4) is 11.5 Å². The summed E-state index contributed by atoms with van der Waals surface area (Å²) < 4.78 is 15.6. The van der Waals surface area contributed by atoms with E-state index in [1.165, 1.54) is 0 Å². The molecule has 0 aliphatic carbocycles. The highest BCUT2D eigenvalue weighted by Crippen LogP contribution is 2.27. The van der Waals surface area contributed by atoms with Crippen LogP contribution in [0.15, 0.2) is 23.2 Å². The normalized spacial score (nSPS) is 11.2. The van der Waals surface area contributed by atoms with Gasteiger partial charge in [0.05, 0.1) is 20.8 Å². The van der Waals surface area contributed by atoms with Crippen LogP contribution >= 0.6 is 24.0 Å². The molecule has 0 unspecified atom stereocenters. The summed E-state index contributed by atoms with van der Waals surface area (Å²) in [5, 5.41) is 5.56. The number of ether oxygens (including phenoxy) is 3. The number of rotatable bonds is 7. The number of amides is 1. The molecule has 0 spiro atoms. The number of halogens is 1. The number of guanidine groups is 1. The Balaban J connectivity index is 0.00000625. The number of alkyl carbamates (subject to hydrolysis) is 1. The van der Waals surface area contributed by atoms with Gasteiger partial charge in [-0.05, 0) is 38.5 Å². The van der Waals surface area contributed by atoms with Crippen molar-refractivity contribution in [1.29, 1.82) is 0 Å². The SMILES string of the molecule is COc1ccc(CN=C(N)NCCNC(=O)OC(C)(C)C)cc1OC.I. The predicted octanol–water partition coefficient (Wildman–Crippen LogP) is 2.25. The lowest BCUT2D eigenvalue weighted by molar-refractivity contribution is 0.0529. The maximum absolute atomic E-state index is 11.5. The van der Waals surface area contributed by atoms with E-state index < -0.39 is 11.7 Å². The third-order valence-corrected chi connectivity index (χ3v) is 2.98. The average Bonchev–Trinajstić information content (AvgIpc) is 2.55. The summed E-state index contributed by atoms with van der Waals surface area (Å²) in [5.74, 6) is 1.60. The number of nitrogens with one attached hydrogen (secondary N) is 2. The second-order valence-electron chi connectivity index (χ2n) is 6.25. The van der Waals surface area contributed by atoms with Gasteiger partial charge in [0, 0.05) is 13.1 Å². The number of nitrogens with two attached hydrogens (primary N) is 1. The third-order valence-electron chi connectivity index (χ3n) is 2.98. The number of aliphatic imine (C=N–C) groups is 1. The van der Waals surface area contributed by atoms with Crippen LogP contribution in [-0.4, -0.2) is 45.0 Å². The summed E-state index contributed by atoms with van der Waals surface area (Å²) in [4.78, 5) is 15.7. The molecule has 0 fully saturated rings. The molecule has 1 aromatic carbocycles. The number of benzene rings is 1. The van der Waals surface area contributed by atoms with Gasteiger partial charge >= 0.3 is 6.09 Å². The fourth-order valence-corrected chi connectivity index (χ4v) is 1.88. The molecule has 0 aliphatic heterocycles. The van der Waals surface area contributed by atoms with Gasteiger partial charge in [-0.25, -0.2) is 9.79 Å². The molecule has 8 nitrogen and oxygen atoms in total. The molecule has 0 aliphatic rings. The zero-order valence-electron chi connectivity index (χ0n) is 15.9. The maximum Gasteiger partial charge on any atom is 0.407 e. The number of hydrogen-bond acceptors (Lipinski definition) is 5. The number of carbonyl (C=O) groups excluding carboxylic acids is 1. The first kappa shape index (κ1) is 24.1. The van der Waals surface area contributed by atoms with Crippen LogP contribution in [0.4, 0.5) is 4.79 Å². The molecule has 1 amide bonds. The van der Waals surface area contributed by atoms with Gasteiger partial charge in [-0.2, -0.15) is 0 Å². The Bertz CT molecular complexity index is 603. The largest absolute Gasteiger partial charge is 0.493 e. The van der Waals surface area contributed by atoms with Gasteiger partial charge in [0.2, 0.25) is 0 Å². The maximum atomic E-state index is 11.5. The summed E-state index contributed by atoms with van der Waals surface area (Å²) in [6.45, 7) is 6.65. The molecule has 0 bridgehead atoms. The zero-order chi connectivity index (χ0) is 18.9. The minimum atomic E-state index is -0.516. The number of nitrogens with zero attached hydrogens (tertiary/aromatic N) is 1. The molecule has 0 radical (unpaired) electrons. The van der Waals surface area contributed by atoms with E-state index >= 15 is 0 Å². The van der Waals surface area contributed by atoms with Crippen molar-refractivity contribution in [2.75, 3.05) is 27.3 Å². The Labute approximate surface area is 171 Å². The summed E-state index contributed by atoms with van der Waals surface area (Å²) >= 11 is 0. The van der Waals surface area contributed by atoms with Crippen molar-refractivity contribution in [3.05, 3.63) is 23.8 Å². The molecular weight excluding hydrogens is 451 g/mol. The van der Waals surface area contributed by atoms with E-state index in [9.17, 15) is 4.79 Å². The highest BCUT2D eigenvalue weighted by molar-refractivity contribution is 14.0. The monoisotopic (exact) mass is 480 g/mol. The first-order valence-electron chi connectivity index (χ1n) is 7.96. The first-order valence-corrected chi connectivity index (χ1v) is 7.96. The van der Waals surface area contributed by atoms with Crippen LogP contribution in [0.2, 0.25) is 0 Å². The lowest BCUT2D eigenvalue weighted by Crippen LogP contribution is -2.40. The third kappa shape index (κ3) is 9.54. The van der Waals surface area contributed by atoms with E-state index in [1.54, 1.807) is 14.2 Å². The minimum absolute atomic E-state index is 0. The number of hydrogen-bond donors (Lipinski definition) is 3. The summed E-state index contributed by atoms with van der Waals surface area (Å²) in [6, 6.07) is 5.56. The van der Waals surface area contributed by atoms with Crippen molar-refractivity contribution in [3.63, 3.8) is 0 Å². The van der Waals surface area contributed by atoms with E-state index in [1.807, 2.05) is 39.0 Å². The van der Waals surface area contributed by atoms with Gasteiger partial charge in [0.1, 0.15) is 5.60 Å². The van der Waals surface area contributed by atoms with E-state index in [0.29, 0.717) is 37.1 Å². The standard InChI is InChI=1S/C17H28N4O4.HI/c1-17(2,3)25-16(22)20-9-8-19-15(18)21-11-12-6-7-13(23-4)14(10-12)24-5;/h6-7,10H,8-9,11H2,1-5H3,(H,20,22)(H3,18,19,21);1H. The minimum Gasteiger partial charge on any atom is -0.493 e. The van der Waals surface area contributed by atoms with Gasteiger partial charge in [0.15, 0.2) is 17.5 Å². The predicted molar refractivity (Wildman–Crippen MR) is 113 cm³/mol. The summed E-state index contributed by atoms with van der Waals surface area (Å²) in [5.41, 5.74) is 6.23. The van der Waals surface area contributed by atoms with E-state index in [4.69, 9.17) is 19.9 Å². The molecule has 0 aromatic heterocycles. The molecule has 1 aromatic rings. The molecule has 9 heteroatoms. The van der Waals surface area contributed by atoms with Crippen LogP contribution in [0.1, 0.15) is 26.3 Å². The Hall–Kier alpha value is -1.91. The lowest BCUT2D eigenvalue weighted by Gasteiger charge is -2.19. The van der Waals surface area contributed by atoms with Gasteiger partial charge in [-0.15, -0.1) is 24.0 Å². The van der Waals surface area contributed by atoms with Gasteiger partial charge in [-0.3, -0.25) is 0 Å². The van der Waals surface area contributed by atoms with Gasteiger partial charge in [-0.1, -0.05) is 6.07 Å². The van der Waals surface area contributed by atoms with Crippen LogP contribution in [0.25, 0.3) is 0 Å². The fourth-order valence-electron chi connectivity index (χ4n) is 1.88. The Morgan fingerprint density at radius 3 is 2.31 bits per heavy atom. The average molecular weight is 480 g/mol. The van der Waals surface area contributed by atoms with Gasteiger partial charge < -0.3 is 30.6 Å². The number of methoxy groups -OCH3 is 2. The molecular formula is C17H29IN4O4. The molecule has 0 saturated carbocycles. The van der Waals surface area contributed by atoms with Crippen molar-refractivity contribution in [2.24, 2.45) is 10.7 Å². The Morgan fingerprint density at radius 1 is 1.12 bits per heavy atom. The van der Waals surface area contributed by atoms with Crippen LogP contribution in [-0.2, 0) is 11.3 Å².